The van der Waals surface area contributed by atoms with Crippen LogP contribution in [0.2, 0.25) is 0 Å². The lowest BCUT2D eigenvalue weighted by molar-refractivity contribution is 0.248. The number of imidazole rings is 1. The maximum Gasteiger partial charge on any atom is 0.261 e. The van der Waals surface area contributed by atoms with Gasteiger partial charge in [0, 0.05) is 63.4 Å². The van der Waals surface area contributed by atoms with Crippen molar-refractivity contribution in [2.45, 2.75) is 26.4 Å². The lowest BCUT2D eigenvalue weighted by Gasteiger charge is -2.36. The molecule has 2 aromatic heterocycles. The Labute approximate surface area is 158 Å². The molecule has 0 N–H and O–H groups in total. The van der Waals surface area contributed by atoms with Gasteiger partial charge < -0.3 is 9.47 Å². The number of rotatable bonds is 5. The fourth-order valence-electron chi connectivity index (χ4n) is 3.59. The molecule has 0 unspecified atom stereocenters. The average Bonchev–Trinajstić information content (AvgIpc) is 3.20. The second kappa shape index (κ2) is 7.52. The zero-order chi connectivity index (χ0) is 18.8. The highest BCUT2D eigenvalue weighted by molar-refractivity contribution is 5.81. The van der Waals surface area contributed by atoms with Crippen molar-refractivity contribution in [3.63, 3.8) is 0 Å². The number of fused-ring (bicyclic) bond motifs is 1. The molecule has 0 saturated carbocycles. The van der Waals surface area contributed by atoms with E-state index in [0.717, 1.165) is 50.5 Å². The molecule has 0 bridgehead atoms. The zero-order valence-electron chi connectivity index (χ0n) is 16.0. The molecule has 142 valence electrons. The summed E-state index contributed by atoms with van der Waals surface area (Å²) >= 11 is 0. The van der Waals surface area contributed by atoms with Crippen molar-refractivity contribution in [2.75, 3.05) is 37.6 Å². The first kappa shape index (κ1) is 17.7. The summed E-state index contributed by atoms with van der Waals surface area (Å²) in [5.41, 5.74) is 1.95. The highest BCUT2D eigenvalue weighted by atomic mass is 16.1. The molecule has 1 aliphatic heterocycles. The lowest BCUT2D eigenvalue weighted by atomic mass is 10.2. The van der Waals surface area contributed by atoms with Crippen molar-refractivity contribution in [3.05, 3.63) is 53.6 Å². The third kappa shape index (κ3) is 3.73. The van der Waals surface area contributed by atoms with E-state index in [1.807, 2.05) is 44.7 Å². The summed E-state index contributed by atoms with van der Waals surface area (Å²) in [6.45, 7) is 10.0. The van der Waals surface area contributed by atoms with Crippen LogP contribution in [-0.4, -0.2) is 56.7 Å². The Bertz CT molecular complexity index is 954. The van der Waals surface area contributed by atoms with Gasteiger partial charge in [0.05, 0.1) is 23.6 Å². The van der Waals surface area contributed by atoms with Crippen molar-refractivity contribution >= 4 is 16.6 Å². The van der Waals surface area contributed by atoms with Crippen LogP contribution in [0.25, 0.3) is 10.9 Å². The largest absolute Gasteiger partial charge is 0.369 e. The molecule has 0 radical (unpaired) electrons. The predicted octanol–water partition coefficient (Wildman–Crippen LogP) is 2.00. The second-order valence-corrected chi connectivity index (χ2v) is 7.38. The molecule has 0 atom stereocenters. The van der Waals surface area contributed by atoms with Gasteiger partial charge in [0.2, 0.25) is 0 Å². The van der Waals surface area contributed by atoms with Crippen LogP contribution in [0.4, 0.5) is 5.69 Å². The predicted molar refractivity (Wildman–Crippen MR) is 107 cm³/mol. The summed E-state index contributed by atoms with van der Waals surface area (Å²) in [6, 6.07) is 6.13. The number of hydrogen-bond donors (Lipinski definition) is 0. The summed E-state index contributed by atoms with van der Waals surface area (Å²) in [5, 5.41) is 0.689. The van der Waals surface area contributed by atoms with Gasteiger partial charge >= 0.3 is 0 Å². The second-order valence-electron chi connectivity index (χ2n) is 7.38. The molecule has 7 nitrogen and oxygen atoms in total. The van der Waals surface area contributed by atoms with Gasteiger partial charge in [-0.2, -0.15) is 0 Å². The quantitative estimate of drug-likeness (QED) is 0.691. The molecule has 4 rings (SSSR count). The van der Waals surface area contributed by atoms with Crippen LogP contribution in [0.3, 0.4) is 0 Å². The maximum atomic E-state index is 12.6. The van der Waals surface area contributed by atoms with Gasteiger partial charge in [-0.1, -0.05) is 0 Å². The molecule has 7 heteroatoms. The first-order valence-corrected chi connectivity index (χ1v) is 9.56. The molecule has 3 aromatic rings. The van der Waals surface area contributed by atoms with E-state index >= 15 is 0 Å². The first-order valence-electron chi connectivity index (χ1n) is 9.56. The Morgan fingerprint density at radius 1 is 1.07 bits per heavy atom. The smallest absolute Gasteiger partial charge is 0.261 e. The van der Waals surface area contributed by atoms with Crippen LogP contribution < -0.4 is 10.5 Å². The van der Waals surface area contributed by atoms with Crippen LogP contribution in [0, 0.1) is 0 Å². The van der Waals surface area contributed by atoms with E-state index < -0.39 is 0 Å². The Morgan fingerprint density at radius 3 is 2.59 bits per heavy atom. The Kier molecular flexibility index (Phi) is 4.94. The molecule has 0 spiro atoms. The molecule has 1 aliphatic rings. The van der Waals surface area contributed by atoms with Gasteiger partial charge in [0.1, 0.15) is 0 Å². The van der Waals surface area contributed by atoms with Crippen LogP contribution >= 0.6 is 0 Å². The Morgan fingerprint density at radius 2 is 1.89 bits per heavy atom. The topological polar surface area (TPSA) is 59.2 Å². The number of aromatic nitrogens is 4. The van der Waals surface area contributed by atoms with Crippen molar-refractivity contribution in [3.8, 4) is 0 Å². The third-order valence-corrected chi connectivity index (χ3v) is 5.29. The Hall–Kier alpha value is -2.67. The molecular weight excluding hydrogens is 340 g/mol. The summed E-state index contributed by atoms with van der Waals surface area (Å²) in [6.07, 6.45) is 7.35. The minimum Gasteiger partial charge on any atom is -0.369 e. The van der Waals surface area contributed by atoms with E-state index in [-0.39, 0.29) is 11.6 Å². The van der Waals surface area contributed by atoms with Gasteiger partial charge in [-0.05, 0) is 32.0 Å². The minimum atomic E-state index is 0.0332. The molecule has 0 amide bonds. The van der Waals surface area contributed by atoms with E-state index in [9.17, 15) is 4.79 Å². The lowest BCUT2D eigenvalue weighted by Crippen LogP contribution is -2.47. The fraction of sp³-hybridized carbons (Fsp3) is 0.450. The van der Waals surface area contributed by atoms with Crippen molar-refractivity contribution in [1.29, 1.82) is 0 Å². The standard InChI is InChI=1S/C20H26N6O/c1-16(2)26-15-22-19-13-17(3-4-18(19)20(26)27)25-11-9-23(10-12-25)7-8-24-6-5-21-14-24/h3-6,13-16H,7-12H2,1-2H3. The monoisotopic (exact) mass is 366 g/mol. The normalized spacial score (nSPS) is 15.7. The molecule has 1 saturated heterocycles. The van der Waals surface area contributed by atoms with Crippen LogP contribution in [0.1, 0.15) is 19.9 Å². The highest BCUT2D eigenvalue weighted by Crippen LogP contribution is 2.20. The SMILES string of the molecule is CC(C)n1cnc2cc(N3CCN(CCn4ccnc4)CC3)ccc2c1=O. The van der Waals surface area contributed by atoms with Crippen LogP contribution in [0.15, 0.2) is 48.0 Å². The molecule has 3 heterocycles. The van der Waals surface area contributed by atoms with E-state index in [1.54, 1.807) is 10.9 Å². The number of nitrogens with zero attached hydrogens (tertiary/aromatic N) is 6. The van der Waals surface area contributed by atoms with Crippen molar-refractivity contribution in [1.82, 2.24) is 24.0 Å². The zero-order valence-corrected chi connectivity index (χ0v) is 16.0. The summed E-state index contributed by atoms with van der Waals surface area (Å²) in [7, 11) is 0. The maximum absolute atomic E-state index is 12.6. The summed E-state index contributed by atoms with van der Waals surface area (Å²) in [5.74, 6) is 0. The van der Waals surface area contributed by atoms with E-state index in [4.69, 9.17) is 0 Å². The molecule has 1 aromatic carbocycles. The minimum absolute atomic E-state index is 0.0332. The molecule has 27 heavy (non-hydrogen) atoms. The highest BCUT2D eigenvalue weighted by Gasteiger charge is 2.18. The number of benzene rings is 1. The Balaban J connectivity index is 1.43. The van der Waals surface area contributed by atoms with Gasteiger partial charge in [0.15, 0.2) is 0 Å². The summed E-state index contributed by atoms with van der Waals surface area (Å²) in [4.78, 5) is 26.0. The molecular formula is C20H26N6O. The molecule has 1 fully saturated rings. The van der Waals surface area contributed by atoms with Gasteiger partial charge in [-0.3, -0.25) is 14.3 Å². The fourth-order valence-corrected chi connectivity index (χ4v) is 3.59. The van der Waals surface area contributed by atoms with Crippen molar-refractivity contribution < 1.29 is 0 Å². The van der Waals surface area contributed by atoms with E-state index in [0.29, 0.717) is 5.39 Å². The molecule has 0 aliphatic carbocycles. The van der Waals surface area contributed by atoms with Gasteiger partial charge in [0.25, 0.3) is 5.56 Å². The van der Waals surface area contributed by atoms with Crippen molar-refractivity contribution in [2.24, 2.45) is 0 Å². The van der Waals surface area contributed by atoms with Gasteiger partial charge in [-0.15, -0.1) is 0 Å². The van der Waals surface area contributed by atoms with Gasteiger partial charge in [-0.25, -0.2) is 9.97 Å². The number of hydrogen-bond acceptors (Lipinski definition) is 5. The first-order chi connectivity index (χ1) is 13.1. The number of anilines is 1. The van der Waals surface area contributed by atoms with E-state index in [2.05, 4.69) is 30.4 Å². The number of piperazine rings is 1. The average molecular weight is 366 g/mol. The van der Waals surface area contributed by atoms with Crippen LogP contribution in [0.5, 0.6) is 0 Å². The summed E-state index contributed by atoms with van der Waals surface area (Å²) < 4.78 is 3.80. The van der Waals surface area contributed by atoms with Crippen LogP contribution in [-0.2, 0) is 6.54 Å². The third-order valence-electron chi connectivity index (χ3n) is 5.29. The van der Waals surface area contributed by atoms with E-state index in [1.165, 1.54) is 0 Å².